The second kappa shape index (κ2) is 17.9. The third-order valence-corrected chi connectivity index (χ3v) is 9.15. The van der Waals surface area contributed by atoms with Crippen molar-refractivity contribution in [1.82, 2.24) is 20.1 Å². The molecule has 2 aliphatic heterocycles. The van der Waals surface area contributed by atoms with Crippen LogP contribution in [0.1, 0.15) is 54.1 Å². The van der Waals surface area contributed by atoms with E-state index in [2.05, 4.69) is 33.1 Å². The van der Waals surface area contributed by atoms with Crippen LogP contribution in [-0.4, -0.2) is 90.6 Å². The van der Waals surface area contributed by atoms with Gasteiger partial charge in [0.1, 0.15) is 23.5 Å². The molecule has 0 amide bonds. The lowest BCUT2D eigenvalue weighted by atomic mass is 10.1. The molecule has 0 saturated carbocycles. The van der Waals surface area contributed by atoms with Crippen LogP contribution in [0.25, 0.3) is 5.76 Å². The predicted octanol–water partition coefficient (Wildman–Crippen LogP) is 5.44. The zero-order valence-corrected chi connectivity index (χ0v) is 27.5. The number of carbonyl (C=O) groups is 1. The van der Waals surface area contributed by atoms with E-state index in [0.29, 0.717) is 46.6 Å². The molecule has 0 aliphatic carbocycles. The molecule has 2 fully saturated rings. The summed E-state index contributed by atoms with van der Waals surface area (Å²) < 4.78 is 17.5. The number of methoxy groups -OCH3 is 1. The normalized spacial score (nSPS) is 19.9. The number of nitrogens with zero attached hydrogens (tertiary/aromatic N) is 3. The summed E-state index contributed by atoms with van der Waals surface area (Å²) in [7, 11) is 1.56. The number of hydrogen-bond donors (Lipinski definition) is 2. The fraction of sp³-hybridized carbons (Fsp3) is 0.429. The number of nitrogens with one attached hydrogen (secondary N) is 1. The quantitative estimate of drug-likeness (QED) is 0.152. The first-order chi connectivity index (χ1) is 21.9. The van der Waals surface area contributed by atoms with Crippen LogP contribution >= 0.6 is 11.8 Å². The maximum absolute atomic E-state index is 11.6. The number of hydrogen-bond acceptors (Lipinski definition) is 10. The van der Waals surface area contributed by atoms with Gasteiger partial charge in [-0.15, -0.1) is 11.8 Å². The maximum Gasteiger partial charge on any atom is 0.171 e. The van der Waals surface area contributed by atoms with Gasteiger partial charge in [-0.2, -0.15) is 0 Å². The number of aldehydes is 1. The number of allylic oxidation sites excluding steroid dienone is 1. The predicted molar refractivity (Wildman–Crippen MR) is 180 cm³/mol. The van der Waals surface area contributed by atoms with E-state index >= 15 is 0 Å². The molecule has 242 valence electrons. The molecule has 45 heavy (non-hydrogen) atoms. The Kier molecular flexibility index (Phi) is 13.7. The Balaban J connectivity index is 0.000000318. The van der Waals surface area contributed by atoms with Gasteiger partial charge in [0, 0.05) is 62.5 Å². The summed E-state index contributed by atoms with van der Waals surface area (Å²) in [4.78, 5) is 20.2. The number of carbonyl (C=O) groups excluding carboxylic acids is 1. The standard InChI is InChI=1S/C26H34N2O5.C9H12N2S/c1-20(32-17-7-12-27-13-15-28(16-14-27)21(2)30)26(22-8-5-4-6-9-22)33-25-11-10-24(31-3)18-23(25)19-29;1-7-6-12-9(11-7)8-3-2-4-10-5-8/h4-6,8-11,18-19,21,30H,7,12-17H2,1-3H3;2-5,7,9,11H,6H2,1H3/b26-20+;. The first-order valence-corrected chi connectivity index (χ1v) is 16.5. The minimum absolute atomic E-state index is 0.384. The monoisotopic (exact) mass is 634 g/mol. The average Bonchev–Trinajstić information content (AvgIpc) is 3.53. The summed E-state index contributed by atoms with van der Waals surface area (Å²) in [6.07, 6.45) is 5.00. The molecule has 3 aromatic rings. The minimum atomic E-state index is -0.384. The van der Waals surface area contributed by atoms with Gasteiger partial charge in [0.25, 0.3) is 0 Å². The number of pyridine rings is 1. The number of aliphatic hydroxyl groups excluding tert-OH is 1. The van der Waals surface area contributed by atoms with Crippen molar-refractivity contribution in [2.75, 3.05) is 52.2 Å². The van der Waals surface area contributed by atoms with Crippen molar-refractivity contribution < 1.29 is 24.1 Å². The van der Waals surface area contributed by atoms with E-state index in [1.807, 2.05) is 74.4 Å². The van der Waals surface area contributed by atoms with Gasteiger partial charge in [-0.3, -0.25) is 20.0 Å². The summed E-state index contributed by atoms with van der Waals surface area (Å²) in [5, 5.41) is 13.6. The number of piperazine rings is 1. The molecule has 1 aromatic heterocycles. The topological polar surface area (TPSA) is 96.4 Å². The molecular weight excluding hydrogens is 588 g/mol. The molecule has 3 heterocycles. The van der Waals surface area contributed by atoms with E-state index in [1.165, 1.54) is 11.3 Å². The molecule has 0 spiro atoms. The molecule has 3 unspecified atom stereocenters. The fourth-order valence-electron chi connectivity index (χ4n) is 5.13. The number of thioether (sulfide) groups is 1. The molecule has 2 saturated heterocycles. The number of aromatic nitrogens is 1. The van der Waals surface area contributed by atoms with Gasteiger partial charge in [0.15, 0.2) is 12.0 Å². The summed E-state index contributed by atoms with van der Waals surface area (Å²) in [5.74, 6) is 3.47. The van der Waals surface area contributed by atoms with Gasteiger partial charge in [-0.1, -0.05) is 36.4 Å². The minimum Gasteiger partial charge on any atom is -0.497 e. The summed E-state index contributed by atoms with van der Waals surface area (Å²) >= 11 is 1.95. The smallest absolute Gasteiger partial charge is 0.171 e. The molecule has 5 rings (SSSR count). The van der Waals surface area contributed by atoms with Crippen LogP contribution in [0.3, 0.4) is 0 Å². The fourth-order valence-corrected chi connectivity index (χ4v) is 6.37. The van der Waals surface area contributed by atoms with E-state index in [9.17, 15) is 9.90 Å². The highest BCUT2D eigenvalue weighted by Crippen LogP contribution is 2.32. The maximum atomic E-state index is 11.6. The van der Waals surface area contributed by atoms with Gasteiger partial charge in [0.05, 0.1) is 24.7 Å². The van der Waals surface area contributed by atoms with Crippen molar-refractivity contribution in [2.45, 2.75) is 44.8 Å². The summed E-state index contributed by atoms with van der Waals surface area (Å²) in [5.41, 5.74) is 2.57. The van der Waals surface area contributed by atoms with Crippen LogP contribution in [0.15, 0.2) is 78.8 Å². The molecule has 2 aliphatic rings. The molecule has 3 atom stereocenters. The van der Waals surface area contributed by atoms with Crippen molar-refractivity contribution >= 4 is 23.8 Å². The van der Waals surface area contributed by atoms with Crippen molar-refractivity contribution in [3.8, 4) is 11.5 Å². The summed E-state index contributed by atoms with van der Waals surface area (Å²) in [6, 6.07) is 19.6. The van der Waals surface area contributed by atoms with Gasteiger partial charge in [-0.05, 0) is 57.0 Å². The van der Waals surface area contributed by atoms with Crippen molar-refractivity contribution in [3.05, 3.63) is 95.5 Å². The molecule has 0 bridgehead atoms. The van der Waals surface area contributed by atoms with E-state index in [1.54, 1.807) is 25.3 Å². The molecule has 10 heteroatoms. The second-order valence-corrected chi connectivity index (χ2v) is 12.3. The third kappa shape index (κ3) is 10.6. The zero-order chi connectivity index (χ0) is 32.0. The second-order valence-electron chi connectivity index (χ2n) is 11.2. The van der Waals surface area contributed by atoms with E-state index in [-0.39, 0.29) is 6.23 Å². The summed E-state index contributed by atoms with van der Waals surface area (Å²) in [6.45, 7) is 11.1. The molecule has 2 aromatic carbocycles. The van der Waals surface area contributed by atoms with Gasteiger partial charge in [0.2, 0.25) is 0 Å². The van der Waals surface area contributed by atoms with Gasteiger partial charge >= 0.3 is 0 Å². The van der Waals surface area contributed by atoms with Crippen LogP contribution in [0.2, 0.25) is 0 Å². The van der Waals surface area contributed by atoms with Crippen LogP contribution < -0.4 is 14.8 Å². The first-order valence-electron chi connectivity index (χ1n) is 15.5. The molecular formula is C35H46N4O5S. The van der Waals surface area contributed by atoms with Crippen molar-refractivity contribution in [1.29, 1.82) is 0 Å². The van der Waals surface area contributed by atoms with Crippen LogP contribution in [0, 0.1) is 0 Å². The number of benzene rings is 2. The first kappa shape index (κ1) is 34.5. The highest BCUT2D eigenvalue weighted by atomic mass is 32.2. The SMILES string of the molecule is CC1CSC(c2cccnc2)N1.COc1ccc(O/C(=C(\C)OCCCN2CCN(C(C)O)CC2)c2ccccc2)c(C=O)c1. The largest absolute Gasteiger partial charge is 0.497 e. The Morgan fingerprint density at radius 3 is 2.53 bits per heavy atom. The van der Waals surface area contributed by atoms with Crippen molar-refractivity contribution in [3.63, 3.8) is 0 Å². The highest BCUT2D eigenvalue weighted by molar-refractivity contribution is 7.99. The van der Waals surface area contributed by atoms with E-state index in [0.717, 1.165) is 51.0 Å². The van der Waals surface area contributed by atoms with Crippen LogP contribution in [0.5, 0.6) is 11.5 Å². The number of aliphatic hydroxyl groups is 1. The Bertz CT molecular complexity index is 1350. The zero-order valence-electron chi connectivity index (χ0n) is 26.7. The van der Waals surface area contributed by atoms with E-state index < -0.39 is 0 Å². The third-order valence-electron chi connectivity index (χ3n) is 7.72. The lowest BCUT2D eigenvalue weighted by Gasteiger charge is -2.36. The Labute approximate surface area is 271 Å². The Morgan fingerprint density at radius 1 is 1.13 bits per heavy atom. The van der Waals surface area contributed by atoms with Gasteiger partial charge < -0.3 is 24.2 Å². The Hall–Kier alpha value is -3.41. The number of ether oxygens (including phenoxy) is 3. The highest BCUT2D eigenvalue weighted by Gasteiger charge is 2.22. The lowest BCUT2D eigenvalue weighted by molar-refractivity contribution is -0.0136. The molecule has 0 radical (unpaired) electrons. The Morgan fingerprint density at radius 2 is 1.91 bits per heavy atom. The van der Waals surface area contributed by atoms with Crippen LogP contribution in [-0.2, 0) is 4.74 Å². The molecule has 2 N–H and O–H groups in total. The van der Waals surface area contributed by atoms with Crippen molar-refractivity contribution in [2.24, 2.45) is 0 Å². The molecule has 9 nitrogen and oxygen atoms in total. The average molecular weight is 635 g/mol. The van der Waals surface area contributed by atoms with E-state index in [4.69, 9.17) is 14.2 Å². The number of rotatable bonds is 12. The van der Waals surface area contributed by atoms with Crippen LogP contribution in [0.4, 0.5) is 0 Å². The lowest BCUT2D eigenvalue weighted by Crippen LogP contribution is -2.49. The van der Waals surface area contributed by atoms with Gasteiger partial charge in [-0.25, -0.2) is 0 Å².